The first-order chi connectivity index (χ1) is 7.65. The van der Waals surface area contributed by atoms with Crippen molar-refractivity contribution in [3.8, 4) is 0 Å². The van der Waals surface area contributed by atoms with Crippen molar-refractivity contribution in [3.63, 3.8) is 0 Å². The van der Waals surface area contributed by atoms with Gasteiger partial charge in [0.15, 0.2) is 0 Å². The van der Waals surface area contributed by atoms with E-state index in [1.165, 1.54) is 5.56 Å². The van der Waals surface area contributed by atoms with Crippen LogP contribution in [0.3, 0.4) is 0 Å². The minimum Gasteiger partial charge on any atom is -0.319 e. The van der Waals surface area contributed by atoms with Gasteiger partial charge in [-0.25, -0.2) is 0 Å². The van der Waals surface area contributed by atoms with Gasteiger partial charge in [0.25, 0.3) is 0 Å². The van der Waals surface area contributed by atoms with Crippen LogP contribution in [0.4, 0.5) is 0 Å². The second-order valence-corrected chi connectivity index (χ2v) is 4.68. The molecule has 0 saturated heterocycles. The van der Waals surface area contributed by atoms with Gasteiger partial charge in [0.2, 0.25) is 0 Å². The third-order valence-electron chi connectivity index (χ3n) is 3.32. The van der Waals surface area contributed by atoms with Crippen LogP contribution in [0.1, 0.15) is 19.4 Å². The summed E-state index contributed by atoms with van der Waals surface area (Å²) < 4.78 is 0. The molecule has 0 aliphatic rings. The van der Waals surface area contributed by atoms with Gasteiger partial charge in [-0.1, -0.05) is 37.3 Å². The topological polar surface area (TPSA) is 15.3 Å². The third kappa shape index (κ3) is 3.95. The minimum atomic E-state index is 0.590. The highest BCUT2D eigenvalue weighted by Crippen LogP contribution is 2.12. The SMILES string of the molecule is CNCC(C)C(C)N(C)Cc1ccccc1. The number of benzene rings is 1. The van der Waals surface area contributed by atoms with Gasteiger partial charge in [0.05, 0.1) is 0 Å². The van der Waals surface area contributed by atoms with Crippen LogP contribution in [-0.2, 0) is 6.54 Å². The molecule has 0 fully saturated rings. The van der Waals surface area contributed by atoms with Gasteiger partial charge in [-0.3, -0.25) is 4.90 Å². The van der Waals surface area contributed by atoms with Crippen molar-refractivity contribution in [2.45, 2.75) is 26.4 Å². The van der Waals surface area contributed by atoms with E-state index < -0.39 is 0 Å². The molecule has 0 amide bonds. The molecule has 90 valence electrons. The maximum Gasteiger partial charge on any atom is 0.0233 e. The lowest BCUT2D eigenvalue weighted by atomic mass is 10.0. The van der Waals surface area contributed by atoms with Crippen LogP contribution < -0.4 is 5.32 Å². The van der Waals surface area contributed by atoms with Crippen molar-refractivity contribution >= 4 is 0 Å². The lowest BCUT2D eigenvalue weighted by molar-refractivity contribution is 0.190. The van der Waals surface area contributed by atoms with Crippen molar-refractivity contribution in [2.24, 2.45) is 5.92 Å². The van der Waals surface area contributed by atoms with Gasteiger partial charge < -0.3 is 5.32 Å². The maximum atomic E-state index is 3.24. The first-order valence-corrected chi connectivity index (χ1v) is 6.04. The summed E-state index contributed by atoms with van der Waals surface area (Å²) in [5.74, 6) is 0.665. The normalized spacial score (nSPS) is 15.1. The Kier molecular flexibility index (Phi) is 5.50. The van der Waals surface area contributed by atoms with Gasteiger partial charge in [-0.15, -0.1) is 0 Å². The summed E-state index contributed by atoms with van der Waals surface area (Å²) in [5.41, 5.74) is 1.38. The van der Waals surface area contributed by atoms with E-state index in [1.807, 2.05) is 7.05 Å². The Bertz CT molecular complexity index is 284. The highest BCUT2D eigenvalue weighted by atomic mass is 15.1. The molecule has 1 rings (SSSR count). The Morgan fingerprint density at radius 3 is 2.38 bits per heavy atom. The van der Waals surface area contributed by atoms with E-state index in [2.05, 4.69) is 61.4 Å². The van der Waals surface area contributed by atoms with Crippen LogP contribution in [0.5, 0.6) is 0 Å². The molecule has 2 atom stereocenters. The molecule has 1 N–H and O–H groups in total. The molecule has 0 radical (unpaired) electrons. The van der Waals surface area contributed by atoms with Crippen molar-refractivity contribution in [3.05, 3.63) is 35.9 Å². The molecule has 0 aliphatic heterocycles. The molecule has 0 aromatic heterocycles. The molecule has 0 bridgehead atoms. The minimum absolute atomic E-state index is 0.590. The Morgan fingerprint density at radius 1 is 1.19 bits per heavy atom. The van der Waals surface area contributed by atoms with Crippen LogP contribution in [-0.4, -0.2) is 31.6 Å². The lowest BCUT2D eigenvalue weighted by Crippen LogP contribution is -2.37. The fraction of sp³-hybridized carbons (Fsp3) is 0.571. The number of hydrogen-bond donors (Lipinski definition) is 1. The molecule has 2 heteroatoms. The van der Waals surface area contributed by atoms with Gasteiger partial charge in [-0.2, -0.15) is 0 Å². The largest absolute Gasteiger partial charge is 0.319 e. The molecule has 0 saturated carbocycles. The molecular formula is C14H24N2. The smallest absolute Gasteiger partial charge is 0.0233 e. The van der Waals surface area contributed by atoms with E-state index in [0.29, 0.717) is 12.0 Å². The maximum absolute atomic E-state index is 3.24. The van der Waals surface area contributed by atoms with Crippen LogP contribution in [0.25, 0.3) is 0 Å². The molecule has 16 heavy (non-hydrogen) atoms. The van der Waals surface area contributed by atoms with E-state index in [-0.39, 0.29) is 0 Å². The average molecular weight is 220 g/mol. The quantitative estimate of drug-likeness (QED) is 0.792. The van der Waals surface area contributed by atoms with Gasteiger partial charge >= 0.3 is 0 Å². The molecule has 0 heterocycles. The summed E-state index contributed by atoms with van der Waals surface area (Å²) in [7, 11) is 4.21. The van der Waals surface area contributed by atoms with Crippen LogP contribution in [0.15, 0.2) is 30.3 Å². The summed E-state index contributed by atoms with van der Waals surface area (Å²) >= 11 is 0. The Hall–Kier alpha value is -0.860. The second-order valence-electron chi connectivity index (χ2n) is 4.68. The first kappa shape index (κ1) is 13.2. The second kappa shape index (κ2) is 6.66. The average Bonchev–Trinajstić information content (AvgIpc) is 2.29. The Morgan fingerprint density at radius 2 is 1.81 bits per heavy atom. The monoisotopic (exact) mass is 220 g/mol. The summed E-state index contributed by atoms with van der Waals surface area (Å²) in [4.78, 5) is 2.41. The molecule has 0 spiro atoms. The van der Waals surface area contributed by atoms with Crippen LogP contribution in [0, 0.1) is 5.92 Å². The summed E-state index contributed by atoms with van der Waals surface area (Å²) in [6, 6.07) is 11.2. The standard InChI is InChI=1S/C14H24N2/c1-12(10-15-3)13(2)16(4)11-14-8-6-5-7-9-14/h5-9,12-13,15H,10-11H2,1-4H3. The number of rotatable bonds is 6. The van der Waals surface area contributed by atoms with Crippen LogP contribution >= 0.6 is 0 Å². The van der Waals surface area contributed by atoms with Crippen LogP contribution in [0.2, 0.25) is 0 Å². The molecule has 0 aliphatic carbocycles. The number of hydrogen-bond acceptors (Lipinski definition) is 2. The molecular weight excluding hydrogens is 196 g/mol. The molecule has 1 aromatic rings. The van der Waals surface area contributed by atoms with Gasteiger partial charge in [-0.05, 0) is 39.0 Å². The van der Waals surface area contributed by atoms with E-state index in [0.717, 1.165) is 13.1 Å². The highest BCUT2D eigenvalue weighted by Gasteiger charge is 2.16. The zero-order valence-electron chi connectivity index (χ0n) is 10.9. The van der Waals surface area contributed by atoms with Gasteiger partial charge in [0.1, 0.15) is 0 Å². The predicted octanol–water partition coefficient (Wildman–Crippen LogP) is 2.36. The Labute approximate surface area is 99.7 Å². The highest BCUT2D eigenvalue weighted by molar-refractivity contribution is 5.14. The number of nitrogens with zero attached hydrogens (tertiary/aromatic N) is 1. The summed E-state index contributed by atoms with van der Waals surface area (Å²) in [6.45, 7) is 6.68. The fourth-order valence-corrected chi connectivity index (χ4v) is 1.94. The van der Waals surface area contributed by atoms with Crippen molar-refractivity contribution in [2.75, 3.05) is 20.6 Å². The van der Waals surface area contributed by atoms with E-state index in [4.69, 9.17) is 0 Å². The summed E-state index contributed by atoms with van der Waals surface area (Å²) in [5, 5.41) is 3.24. The Balaban J connectivity index is 2.48. The lowest BCUT2D eigenvalue weighted by Gasteiger charge is -2.29. The zero-order valence-corrected chi connectivity index (χ0v) is 10.9. The van der Waals surface area contributed by atoms with E-state index in [1.54, 1.807) is 0 Å². The zero-order chi connectivity index (χ0) is 12.0. The molecule has 2 nitrogen and oxygen atoms in total. The fourth-order valence-electron chi connectivity index (χ4n) is 1.94. The molecule has 1 aromatic carbocycles. The van der Waals surface area contributed by atoms with Gasteiger partial charge in [0, 0.05) is 12.6 Å². The predicted molar refractivity (Wildman–Crippen MR) is 70.5 cm³/mol. The van der Waals surface area contributed by atoms with Crippen molar-refractivity contribution in [1.29, 1.82) is 0 Å². The van der Waals surface area contributed by atoms with Crippen molar-refractivity contribution < 1.29 is 0 Å². The first-order valence-electron chi connectivity index (χ1n) is 6.04. The number of nitrogens with one attached hydrogen (secondary N) is 1. The molecule has 2 unspecified atom stereocenters. The third-order valence-corrected chi connectivity index (χ3v) is 3.32. The van der Waals surface area contributed by atoms with E-state index in [9.17, 15) is 0 Å². The van der Waals surface area contributed by atoms with Crippen molar-refractivity contribution in [1.82, 2.24) is 10.2 Å². The van der Waals surface area contributed by atoms with E-state index >= 15 is 0 Å². The summed E-state index contributed by atoms with van der Waals surface area (Å²) in [6.07, 6.45) is 0.